The van der Waals surface area contributed by atoms with Crippen molar-refractivity contribution in [2.24, 2.45) is 4.99 Å². The number of hydrogen-bond donors (Lipinski definition) is 0. The van der Waals surface area contributed by atoms with Crippen LogP contribution in [0.15, 0.2) is 4.99 Å². The van der Waals surface area contributed by atoms with E-state index in [0.717, 1.165) is 0 Å². The first-order chi connectivity index (χ1) is 9.63. The predicted molar refractivity (Wildman–Crippen MR) is 40.4 cm³/mol. The van der Waals surface area contributed by atoms with Gasteiger partial charge in [0.25, 0.3) is 0 Å². The molecule has 0 aliphatic rings. The third kappa shape index (κ3) is 3.44. The molecule has 0 amide bonds. The summed E-state index contributed by atoms with van der Waals surface area (Å²) in [6.45, 7) is 0. The smallest absolute Gasteiger partial charge is 0.214 e. The Morgan fingerprint density at radius 2 is 0.826 bits per heavy atom. The Labute approximate surface area is 114 Å². The summed E-state index contributed by atoms with van der Waals surface area (Å²) in [5.74, 6) is -12.2. The Bertz CT molecular complexity index is 448. The molecule has 23 heavy (non-hydrogen) atoms. The van der Waals surface area contributed by atoms with E-state index >= 15 is 0 Å². The highest BCUT2D eigenvalue weighted by atomic mass is 19.4. The Morgan fingerprint density at radius 1 is 0.522 bits per heavy atom. The Hall–Kier alpha value is -1.38. The molecular formula is C7F15N. The third-order valence-corrected chi connectivity index (χ3v) is 2.04. The van der Waals surface area contributed by atoms with Crippen molar-refractivity contribution in [1.29, 1.82) is 0 Å². The van der Waals surface area contributed by atoms with Crippen LogP contribution >= 0.6 is 0 Å². The summed E-state index contributed by atoms with van der Waals surface area (Å²) in [5, 5.41) is 0. The highest BCUT2D eigenvalue weighted by Crippen LogP contribution is 2.51. The molecule has 138 valence electrons. The lowest BCUT2D eigenvalue weighted by atomic mass is 10.1. The fourth-order valence-corrected chi connectivity index (χ4v) is 0.836. The molecule has 0 atom stereocenters. The molecule has 0 saturated carbocycles. The van der Waals surface area contributed by atoms with Gasteiger partial charge in [0, 0.05) is 0 Å². The van der Waals surface area contributed by atoms with Gasteiger partial charge in [0.2, 0.25) is 5.97 Å². The van der Waals surface area contributed by atoms with Crippen molar-refractivity contribution in [3.63, 3.8) is 0 Å². The van der Waals surface area contributed by atoms with E-state index in [9.17, 15) is 65.9 Å². The van der Waals surface area contributed by atoms with Crippen LogP contribution in [0.5, 0.6) is 0 Å². The molecular weight excluding hydrogens is 383 g/mol. The largest absolute Gasteiger partial charge is 0.462 e. The Morgan fingerprint density at radius 3 is 1.04 bits per heavy atom. The number of hydrogen-bond acceptors (Lipinski definition) is 1. The highest BCUT2D eigenvalue weighted by Gasteiger charge is 2.79. The van der Waals surface area contributed by atoms with Gasteiger partial charge in [-0.3, -0.25) is 0 Å². The molecule has 16 heteroatoms. The van der Waals surface area contributed by atoms with E-state index in [4.69, 9.17) is 0 Å². The summed E-state index contributed by atoms with van der Waals surface area (Å²) in [5.41, 5.74) is -7.31. The van der Waals surface area contributed by atoms with Crippen molar-refractivity contribution in [2.45, 2.75) is 36.2 Å². The SMILES string of the molecule is F/C(=N\C(F)(F)C(F)(F)C(F)(F)F)C(F)(C(F)(F)F)C(F)(F)F. The molecule has 0 N–H and O–H groups in total. The van der Waals surface area contributed by atoms with Crippen LogP contribution in [-0.2, 0) is 0 Å². The standard InChI is InChI=1S/C7F15N/c8-1(2(9,4(12,13)14)5(15,16)17)23-7(21,22)3(10,11)6(18,19)20/b23-1-. The highest BCUT2D eigenvalue weighted by molar-refractivity contribution is 5.86. The zero-order chi connectivity index (χ0) is 19.3. The van der Waals surface area contributed by atoms with Crippen LogP contribution in [0.3, 0.4) is 0 Å². The molecule has 0 heterocycles. The zero-order valence-electron chi connectivity index (χ0n) is 9.62. The molecule has 0 fully saturated rings. The summed E-state index contributed by atoms with van der Waals surface area (Å²) in [6, 6.07) is -7.19. The maximum Gasteiger partial charge on any atom is 0.462 e. The first-order valence-corrected chi connectivity index (χ1v) is 4.53. The van der Waals surface area contributed by atoms with E-state index < -0.39 is 42.1 Å². The maximum atomic E-state index is 12.8. The second kappa shape index (κ2) is 5.32. The van der Waals surface area contributed by atoms with E-state index in [1.54, 1.807) is 0 Å². The minimum atomic E-state index is -7.38. The third-order valence-electron chi connectivity index (χ3n) is 2.04. The van der Waals surface area contributed by atoms with E-state index in [-0.39, 0.29) is 4.99 Å². The van der Waals surface area contributed by atoms with Gasteiger partial charge in [-0.15, -0.1) is 0 Å². The molecule has 0 aromatic carbocycles. The Kier molecular flexibility index (Phi) is 5.00. The Balaban J connectivity index is 6.28. The first kappa shape index (κ1) is 21.6. The average Bonchev–Trinajstić information content (AvgIpc) is 2.21. The number of nitrogens with zero attached hydrogens (tertiary/aromatic N) is 1. The van der Waals surface area contributed by atoms with Crippen LogP contribution in [-0.4, -0.2) is 42.1 Å². The van der Waals surface area contributed by atoms with Gasteiger partial charge in [-0.25, -0.2) is 4.39 Å². The summed E-state index contributed by atoms with van der Waals surface area (Å²) in [4.78, 5) is 0.0837. The van der Waals surface area contributed by atoms with Crippen molar-refractivity contribution in [1.82, 2.24) is 0 Å². The summed E-state index contributed by atoms with van der Waals surface area (Å²) in [7, 11) is 0. The second-order valence-electron chi connectivity index (χ2n) is 3.67. The van der Waals surface area contributed by atoms with Crippen LogP contribution in [0.2, 0.25) is 0 Å². The van der Waals surface area contributed by atoms with Gasteiger partial charge in [-0.05, 0) is 0 Å². The fraction of sp³-hybridized carbons (Fsp3) is 0.857. The van der Waals surface area contributed by atoms with Gasteiger partial charge in [0.15, 0.2) is 0 Å². The lowest BCUT2D eigenvalue weighted by Gasteiger charge is -2.29. The zero-order valence-corrected chi connectivity index (χ0v) is 9.62. The molecule has 0 aliphatic carbocycles. The molecule has 0 saturated heterocycles. The van der Waals surface area contributed by atoms with Crippen LogP contribution in [0.25, 0.3) is 0 Å². The van der Waals surface area contributed by atoms with Crippen molar-refractivity contribution < 1.29 is 65.9 Å². The monoisotopic (exact) mass is 383 g/mol. The molecule has 0 unspecified atom stereocenters. The van der Waals surface area contributed by atoms with Gasteiger partial charge in [-0.1, -0.05) is 0 Å². The quantitative estimate of drug-likeness (QED) is 0.371. The minimum Gasteiger partial charge on any atom is -0.214 e. The molecule has 0 bridgehead atoms. The molecule has 0 aliphatic heterocycles. The topological polar surface area (TPSA) is 12.4 Å². The van der Waals surface area contributed by atoms with Crippen molar-refractivity contribution in [2.75, 3.05) is 0 Å². The van der Waals surface area contributed by atoms with Gasteiger partial charge >= 0.3 is 36.2 Å². The van der Waals surface area contributed by atoms with Crippen LogP contribution in [0.4, 0.5) is 65.9 Å². The summed E-state index contributed by atoms with van der Waals surface area (Å²) < 4.78 is 181. The predicted octanol–water partition coefficient (Wildman–Crippen LogP) is 4.98. The van der Waals surface area contributed by atoms with Gasteiger partial charge in [-0.2, -0.15) is 66.5 Å². The average molecular weight is 383 g/mol. The first-order valence-electron chi connectivity index (χ1n) is 4.53. The van der Waals surface area contributed by atoms with Crippen LogP contribution < -0.4 is 0 Å². The van der Waals surface area contributed by atoms with Crippen LogP contribution in [0, 0.1) is 0 Å². The van der Waals surface area contributed by atoms with Crippen LogP contribution in [0.1, 0.15) is 0 Å². The number of halogens is 15. The number of alkyl halides is 14. The lowest BCUT2D eigenvalue weighted by Crippen LogP contribution is -2.59. The molecule has 0 aromatic rings. The molecule has 0 radical (unpaired) electrons. The van der Waals surface area contributed by atoms with E-state index in [1.807, 2.05) is 0 Å². The van der Waals surface area contributed by atoms with Crippen molar-refractivity contribution in [3.8, 4) is 0 Å². The van der Waals surface area contributed by atoms with E-state index in [2.05, 4.69) is 0 Å². The molecule has 0 spiro atoms. The normalized spacial score (nSPS) is 16.7. The van der Waals surface area contributed by atoms with E-state index in [0.29, 0.717) is 0 Å². The summed E-state index contributed by atoms with van der Waals surface area (Å²) >= 11 is 0. The molecule has 1 nitrogen and oxygen atoms in total. The fourth-order valence-electron chi connectivity index (χ4n) is 0.836. The van der Waals surface area contributed by atoms with Crippen molar-refractivity contribution >= 4 is 5.97 Å². The van der Waals surface area contributed by atoms with Gasteiger partial charge < -0.3 is 0 Å². The molecule has 0 aromatic heterocycles. The molecule has 0 rings (SSSR count). The van der Waals surface area contributed by atoms with E-state index in [1.165, 1.54) is 0 Å². The summed E-state index contributed by atoms with van der Waals surface area (Å²) in [6.07, 6.45) is -22.0. The maximum absolute atomic E-state index is 12.8. The number of aliphatic imine (C=N–C) groups is 1. The number of rotatable bonds is 3. The van der Waals surface area contributed by atoms with Crippen molar-refractivity contribution in [3.05, 3.63) is 0 Å². The minimum absolute atomic E-state index is 0.0837. The van der Waals surface area contributed by atoms with Gasteiger partial charge in [0.05, 0.1) is 0 Å². The lowest BCUT2D eigenvalue weighted by molar-refractivity contribution is -0.353. The second-order valence-corrected chi connectivity index (χ2v) is 3.67. The van der Waals surface area contributed by atoms with Gasteiger partial charge in [0.1, 0.15) is 0 Å².